The maximum absolute atomic E-state index is 15.2. The van der Waals surface area contributed by atoms with Gasteiger partial charge in [0.1, 0.15) is 5.82 Å². The number of hydrogen-bond acceptors (Lipinski definition) is 3. The molecule has 2 aliphatic rings. The topological polar surface area (TPSA) is 35.6 Å². The Morgan fingerprint density at radius 2 is 1.88 bits per heavy atom. The number of fused-ring (bicyclic) bond motifs is 1. The number of carbonyl (C=O) groups is 1. The van der Waals surface area contributed by atoms with Gasteiger partial charge in [-0.2, -0.15) is 0 Å². The van der Waals surface area contributed by atoms with Crippen LogP contribution in [-0.4, -0.2) is 36.5 Å². The Morgan fingerprint density at radius 1 is 1.12 bits per heavy atom. The van der Waals surface area contributed by atoms with E-state index < -0.39 is 5.54 Å². The van der Waals surface area contributed by atoms with Crippen LogP contribution in [0.4, 0.5) is 15.8 Å². The first-order valence-electron chi connectivity index (χ1n) is 11.1. The molecule has 1 N–H and O–H groups in total. The third-order valence-electron chi connectivity index (χ3n) is 6.78. The summed E-state index contributed by atoms with van der Waals surface area (Å²) in [4.78, 5) is 16.5. The number of aryl methyl sites for hydroxylation is 1. The van der Waals surface area contributed by atoms with E-state index in [1.807, 2.05) is 19.2 Å². The molecule has 32 heavy (non-hydrogen) atoms. The van der Waals surface area contributed by atoms with E-state index >= 15 is 4.39 Å². The number of halogens is 3. The van der Waals surface area contributed by atoms with Crippen LogP contribution in [0.5, 0.6) is 0 Å². The zero-order valence-electron chi connectivity index (χ0n) is 19.1. The van der Waals surface area contributed by atoms with Crippen LogP contribution in [0, 0.1) is 5.82 Å². The molecule has 7 heteroatoms. The summed E-state index contributed by atoms with van der Waals surface area (Å²) in [6.07, 6.45) is 2.93. The van der Waals surface area contributed by atoms with E-state index in [1.165, 1.54) is 12.1 Å². The molecule has 0 aliphatic carbocycles. The summed E-state index contributed by atoms with van der Waals surface area (Å²) in [5.41, 5.74) is 2.45. The fourth-order valence-corrected chi connectivity index (χ4v) is 5.38. The van der Waals surface area contributed by atoms with Gasteiger partial charge in [-0.3, -0.25) is 9.69 Å². The second kappa shape index (κ2) is 8.51. The lowest BCUT2D eigenvalue weighted by atomic mass is 9.87. The highest BCUT2D eigenvalue weighted by Crippen LogP contribution is 2.45. The van der Waals surface area contributed by atoms with E-state index in [4.69, 9.17) is 23.2 Å². The first-order chi connectivity index (χ1) is 15.0. The van der Waals surface area contributed by atoms with Crippen LogP contribution in [0.15, 0.2) is 30.3 Å². The maximum Gasteiger partial charge on any atom is 0.226 e. The molecular weight excluding hydrogens is 448 g/mol. The lowest BCUT2D eigenvalue weighted by Crippen LogP contribution is -2.45. The molecule has 172 valence electrons. The molecular formula is C25H30Cl2FN3O. The molecule has 0 saturated carbocycles. The molecule has 1 fully saturated rings. The van der Waals surface area contributed by atoms with Gasteiger partial charge in [0.2, 0.25) is 5.91 Å². The van der Waals surface area contributed by atoms with Crippen molar-refractivity contribution in [3.63, 3.8) is 0 Å². The Morgan fingerprint density at radius 3 is 2.56 bits per heavy atom. The van der Waals surface area contributed by atoms with Crippen molar-refractivity contribution in [2.75, 3.05) is 30.4 Å². The molecule has 1 amide bonds. The van der Waals surface area contributed by atoms with E-state index in [-0.39, 0.29) is 22.3 Å². The average molecular weight is 478 g/mol. The predicted molar refractivity (Wildman–Crippen MR) is 130 cm³/mol. The molecule has 1 saturated heterocycles. The normalized spacial score (nSPS) is 22.1. The van der Waals surface area contributed by atoms with Crippen molar-refractivity contribution in [3.8, 4) is 0 Å². The Balaban J connectivity index is 1.79. The SMILES string of the molecule is CN1C(=O)CCCc2ccc(NC3(c4c(F)ccc(Cl)c4Cl)CCN(C(C)(C)C)C3)cc21. The smallest absolute Gasteiger partial charge is 0.226 e. The van der Waals surface area contributed by atoms with E-state index in [1.54, 1.807) is 4.90 Å². The summed E-state index contributed by atoms with van der Waals surface area (Å²) in [6, 6.07) is 8.95. The van der Waals surface area contributed by atoms with Gasteiger partial charge in [0.25, 0.3) is 0 Å². The number of rotatable bonds is 3. The van der Waals surface area contributed by atoms with Crippen LogP contribution >= 0.6 is 23.2 Å². The molecule has 2 aliphatic heterocycles. The first-order valence-corrected chi connectivity index (χ1v) is 11.8. The summed E-state index contributed by atoms with van der Waals surface area (Å²) < 4.78 is 15.2. The Bertz CT molecular complexity index is 1050. The molecule has 0 bridgehead atoms. The van der Waals surface area contributed by atoms with Crippen molar-refractivity contribution in [2.45, 2.75) is 57.5 Å². The molecule has 4 rings (SSSR count). The zero-order valence-corrected chi connectivity index (χ0v) is 20.6. The summed E-state index contributed by atoms with van der Waals surface area (Å²) in [6.45, 7) is 7.84. The largest absolute Gasteiger partial charge is 0.374 e. The number of likely N-dealkylation sites (tertiary alicyclic amines) is 1. The van der Waals surface area contributed by atoms with Crippen molar-refractivity contribution in [1.82, 2.24) is 4.90 Å². The molecule has 2 aromatic rings. The van der Waals surface area contributed by atoms with Crippen LogP contribution < -0.4 is 10.2 Å². The van der Waals surface area contributed by atoms with Gasteiger partial charge in [-0.1, -0.05) is 29.3 Å². The monoisotopic (exact) mass is 477 g/mol. The van der Waals surface area contributed by atoms with E-state index in [0.717, 1.165) is 36.3 Å². The highest BCUT2D eigenvalue weighted by molar-refractivity contribution is 6.42. The third kappa shape index (κ3) is 4.23. The van der Waals surface area contributed by atoms with Crippen molar-refractivity contribution in [2.24, 2.45) is 0 Å². The number of amides is 1. The molecule has 0 radical (unpaired) electrons. The van der Waals surface area contributed by atoms with Crippen molar-refractivity contribution in [3.05, 3.63) is 57.3 Å². The predicted octanol–water partition coefficient (Wildman–Crippen LogP) is 6.24. The second-order valence-corrected chi connectivity index (χ2v) is 10.7. The van der Waals surface area contributed by atoms with Crippen LogP contribution in [-0.2, 0) is 16.8 Å². The van der Waals surface area contributed by atoms with Gasteiger partial charge >= 0.3 is 0 Å². The molecule has 2 aromatic carbocycles. The summed E-state index contributed by atoms with van der Waals surface area (Å²) in [5, 5.41) is 4.21. The number of hydrogen-bond donors (Lipinski definition) is 1. The minimum Gasteiger partial charge on any atom is -0.374 e. The second-order valence-electron chi connectivity index (χ2n) is 9.92. The lowest BCUT2D eigenvalue weighted by Gasteiger charge is -2.37. The van der Waals surface area contributed by atoms with Crippen molar-refractivity contribution < 1.29 is 9.18 Å². The fourth-order valence-electron chi connectivity index (χ4n) is 4.89. The molecule has 0 aromatic heterocycles. The standard InChI is InChI=1S/C25H30Cl2FN3O/c1-24(2,3)31-13-12-25(15-31,22-19(28)11-10-18(26)23(22)27)29-17-9-8-16-6-5-7-21(32)30(4)20(16)14-17/h8-11,14,29H,5-7,12-13,15H2,1-4H3. The molecule has 1 unspecified atom stereocenters. The summed E-state index contributed by atoms with van der Waals surface area (Å²) in [5.74, 6) is -0.260. The summed E-state index contributed by atoms with van der Waals surface area (Å²) >= 11 is 12.9. The average Bonchev–Trinajstić information content (AvgIpc) is 3.10. The van der Waals surface area contributed by atoms with Crippen molar-refractivity contribution in [1.29, 1.82) is 0 Å². The van der Waals surface area contributed by atoms with Gasteiger partial charge < -0.3 is 10.2 Å². The quantitative estimate of drug-likeness (QED) is 0.531. The minimum atomic E-state index is -0.749. The lowest BCUT2D eigenvalue weighted by molar-refractivity contribution is -0.118. The highest BCUT2D eigenvalue weighted by Gasteiger charge is 2.46. The number of nitrogens with zero attached hydrogens (tertiary/aromatic N) is 2. The zero-order chi connectivity index (χ0) is 23.3. The maximum atomic E-state index is 15.2. The van der Waals surface area contributed by atoms with Crippen LogP contribution in [0.1, 0.15) is 51.2 Å². The van der Waals surface area contributed by atoms with Gasteiger partial charge in [-0.25, -0.2) is 4.39 Å². The van der Waals surface area contributed by atoms with Crippen LogP contribution in [0.25, 0.3) is 0 Å². The van der Waals surface area contributed by atoms with Crippen LogP contribution in [0.2, 0.25) is 10.0 Å². The molecule has 1 atom stereocenters. The van der Waals surface area contributed by atoms with Gasteiger partial charge in [-0.05, 0) is 69.9 Å². The number of carbonyl (C=O) groups excluding carboxylic acids is 1. The molecule has 0 spiro atoms. The van der Waals surface area contributed by atoms with E-state index in [9.17, 15) is 4.79 Å². The Labute approximate surface area is 199 Å². The third-order valence-corrected chi connectivity index (χ3v) is 7.59. The van der Waals surface area contributed by atoms with Crippen molar-refractivity contribution >= 4 is 40.5 Å². The molecule has 4 nitrogen and oxygen atoms in total. The molecule has 2 heterocycles. The number of nitrogens with one attached hydrogen (secondary N) is 1. The van der Waals surface area contributed by atoms with Gasteiger partial charge in [-0.15, -0.1) is 0 Å². The van der Waals surface area contributed by atoms with Crippen LogP contribution in [0.3, 0.4) is 0 Å². The first kappa shape index (κ1) is 23.3. The van der Waals surface area contributed by atoms with Gasteiger partial charge in [0, 0.05) is 49.0 Å². The van der Waals surface area contributed by atoms with Gasteiger partial charge in [0.05, 0.1) is 15.6 Å². The fraction of sp³-hybridized carbons (Fsp3) is 0.480. The van der Waals surface area contributed by atoms with E-state index in [0.29, 0.717) is 30.0 Å². The number of benzene rings is 2. The van der Waals surface area contributed by atoms with Gasteiger partial charge in [0.15, 0.2) is 0 Å². The highest BCUT2D eigenvalue weighted by atomic mass is 35.5. The Kier molecular flexibility index (Phi) is 6.21. The Hall–Kier alpha value is -1.82. The number of anilines is 2. The van der Waals surface area contributed by atoms with E-state index in [2.05, 4.69) is 37.1 Å². The summed E-state index contributed by atoms with van der Waals surface area (Å²) in [7, 11) is 1.82. The minimum absolute atomic E-state index is 0.0780.